The average molecular weight is 443 g/mol. The summed E-state index contributed by atoms with van der Waals surface area (Å²) in [7, 11) is 5.78. The monoisotopic (exact) mass is 442 g/mol. The maximum atomic E-state index is 12.4. The number of nitrogens with zero attached hydrogens (tertiary/aromatic N) is 3. The summed E-state index contributed by atoms with van der Waals surface area (Å²) in [4.78, 5) is 21.2. The van der Waals surface area contributed by atoms with Gasteiger partial charge < -0.3 is 25.8 Å². The van der Waals surface area contributed by atoms with Gasteiger partial charge in [-0.3, -0.25) is 9.79 Å². The smallest absolute Gasteiger partial charge is 0.251 e. The molecule has 1 aliphatic heterocycles. The van der Waals surface area contributed by atoms with Crippen LogP contribution < -0.4 is 20.9 Å². The van der Waals surface area contributed by atoms with Crippen molar-refractivity contribution in [3.63, 3.8) is 0 Å². The van der Waals surface area contributed by atoms with E-state index in [1.54, 1.807) is 18.4 Å². The molecule has 0 bridgehead atoms. The molecule has 0 aliphatic carbocycles. The predicted octanol–water partition coefficient (Wildman–Crippen LogP) is 2.37. The van der Waals surface area contributed by atoms with Crippen molar-refractivity contribution in [2.45, 2.75) is 25.4 Å². The lowest BCUT2D eigenvalue weighted by molar-refractivity contribution is 0.0951. The second-order valence-corrected chi connectivity index (χ2v) is 8.97. The lowest BCUT2D eigenvalue weighted by Gasteiger charge is -2.33. The zero-order valence-electron chi connectivity index (χ0n) is 18.7. The minimum atomic E-state index is -0.0382. The number of benzene rings is 1. The van der Waals surface area contributed by atoms with Crippen LogP contribution in [0.15, 0.2) is 46.8 Å². The van der Waals surface area contributed by atoms with Crippen LogP contribution in [-0.2, 0) is 6.54 Å². The first-order valence-corrected chi connectivity index (χ1v) is 11.7. The van der Waals surface area contributed by atoms with Gasteiger partial charge in [-0.1, -0.05) is 12.1 Å². The van der Waals surface area contributed by atoms with Crippen LogP contribution in [0.4, 0.5) is 5.00 Å². The van der Waals surface area contributed by atoms with Crippen LogP contribution in [0.3, 0.4) is 0 Å². The number of guanidine groups is 1. The Morgan fingerprint density at radius 3 is 2.68 bits per heavy atom. The summed E-state index contributed by atoms with van der Waals surface area (Å²) in [6.45, 7) is 4.18. The van der Waals surface area contributed by atoms with Crippen LogP contribution in [0, 0.1) is 0 Å². The Hall–Kier alpha value is -2.58. The average Bonchev–Trinajstić information content (AvgIpc) is 3.32. The van der Waals surface area contributed by atoms with Crippen molar-refractivity contribution in [1.29, 1.82) is 0 Å². The molecule has 2 heterocycles. The fourth-order valence-electron chi connectivity index (χ4n) is 3.59. The molecule has 0 radical (unpaired) electrons. The number of aliphatic imine (C=N–C) groups is 1. The molecule has 3 rings (SSSR count). The van der Waals surface area contributed by atoms with Gasteiger partial charge in [0.2, 0.25) is 0 Å². The number of thiophene rings is 1. The summed E-state index contributed by atoms with van der Waals surface area (Å²) in [5.74, 6) is 0.763. The SMILES string of the molecule is CN=C(NCc1cccc(C(=O)NCCN(C)C)c1)NC1CCN(c2cccs2)CC1. The lowest BCUT2D eigenvalue weighted by Crippen LogP contribution is -2.48. The molecule has 0 unspecified atom stereocenters. The second-order valence-electron chi connectivity index (χ2n) is 8.04. The van der Waals surface area contributed by atoms with E-state index in [0.29, 0.717) is 24.7 Å². The molecule has 8 heteroatoms. The summed E-state index contributed by atoms with van der Waals surface area (Å²) in [5.41, 5.74) is 1.73. The Morgan fingerprint density at radius 2 is 2.00 bits per heavy atom. The third-order valence-corrected chi connectivity index (χ3v) is 6.30. The van der Waals surface area contributed by atoms with Crippen molar-refractivity contribution in [2.75, 3.05) is 52.2 Å². The molecule has 0 saturated carbocycles. The molecule has 1 aliphatic rings. The normalized spacial score (nSPS) is 15.2. The first kappa shape index (κ1) is 23.1. The van der Waals surface area contributed by atoms with Gasteiger partial charge in [-0.15, -0.1) is 11.3 Å². The number of anilines is 1. The summed E-state index contributed by atoms with van der Waals surface area (Å²) in [5, 5.41) is 13.4. The fourth-order valence-corrected chi connectivity index (χ4v) is 4.37. The van der Waals surface area contributed by atoms with E-state index in [4.69, 9.17) is 0 Å². The van der Waals surface area contributed by atoms with Gasteiger partial charge in [-0.2, -0.15) is 0 Å². The summed E-state index contributed by atoms with van der Waals surface area (Å²) in [6, 6.07) is 12.4. The first-order chi connectivity index (χ1) is 15.0. The Kier molecular flexibility index (Phi) is 8.73. The van der Waals surface area contributed by atoms with E-state index in [9.17, 15) is 4.79 Å². The second kappa shape index (κ2) is 11.7. The topological polar surface area (TPSA) is 72.0 Å². The highest BCUT2D eigenvalue weighted by Crippen LogP contribution is 2.24. The third-order valence-electron chi connectivity index (χ3n) is 5.37. The lowest BCUT2D eigenvalue weighted by atomic mass is 10.1. The molecule has 0 spiro atoms. The highest BCUT2D eigenvalue weighted by molar-refractivity contribution is 7.14. The zero-order chi connectivity index (χ0) is 22.1. The Bertz CT molecular complexity index is 844. The summed E-state index contributed by atoms with van der Waals surface area (Å²) < 4.78 is 0. The van der Waals surface area contributed by atoms with Gasteiger partial charge in [0.1, 0.15) is 0 Å². The minimum absolute atomic E-state index is 0.0382. The van der Waals surface area contributed by atoms with Crippen molar-refractivity contribution in [2.24, 2.45) is 4.99 Å². The van der Waals surface area contributed by atoms with Crippen LogP contribution >= 0.6 is 11.3 Å². The van der Waals surface area contributed by atoms with Gasteiger partial charge >= 0.3 is 0 Å². The maximum absolute atomic E-state index is 12.4. The van der Waals surface area contributed by atoms with Crippen molar-refractivity contribution < 1.29 is 4.79 Å². The molecular formula is C23H34N6OS. The number of carbonyl (C=O) groups is 1. The first-order valence-electron chi connectivity index (χ1n) is 10.8. The Balaban J connectivity index is 1.45. The number of rotatable bonds is 8. The number of hydrogen-bond donors (Lipinski definition) is 3. The van der Waals surface area contributed by atoms with Gasteiger partial charge in [0.15, 0.2) is 5.96 Å². The number of piperidine rings is 1. The molecule has 3 N–H and O–H groups in total. The predicted molar refractivity (Wildman–Crippen MR) is 130 cm³/mol. The van der Waals surface area contributed by atoms with E-state index in [0.717, 1.165) is 44.0 Å². The van der Waals surface area contributed by atoms with Gasteiger partial charge in [0, 0.05) is 51.4 Å². The van der Waals surface area contributed by atoms with E-state index in [-0.39, 0.29) is 5.91 Å². The summed E-state index contributed by atoms with van der Waals surface area (Å²) >= 11 is 1.80. The number of amides is 1. The molecule has 1 amide bonds. The van der Waals surface area contributed by atoms with Crippen molar-refractivity contribution in [3.8, 4) is 0 Å². The molecule has 2 aromatic rings. The van der Waals surface area contributed by atoms with Gasteiger partial charge in [-0.25, -0.2) is 0 Å². The quantitative estimate of drug-likeness (QED) is 0.433. The zero-order valence-corrected chi connectivity index (χ0v) is 19.5. The molecular weight excluding hydrogens is 408 g/mol. The molecule has 168 valence electrons. The van der Waals surface area contributed by atoms with Crippen LogP contribution in [-0.4, -0.2) is 70.1 Å². The highest BCUT2D eigenvalue weighted by atomic mass is 32.1. The molecule has 1 aromatic carbocycles. The molecule has 1 saturated heterocycles. The van der Waals surface area contributed by atoms with E-state index < -0.39 is 0 Å². The van der Waals surface area contributed by atoms with E-state index in [1.165, 1.54) is 5.00 Å². The Labute approximate surface area is 189 Å². The fraction of sp³-hybridized carbons (Fsp3) is 0.478. The number of carbonyl (C=O) groups excluding carboxylic acids is 1. The van der Waals surface area contributed by atoms with Gasteiger partial charge in [0.05, 0.1) is 5.00 Å². The maximum Gasteiger partial charge on any atom is 0.251 e. The van der Waals surface area contributed by atoms with Crippen LogP contribution in [0.2, 0.25) is 0 Å². The van der Waals surface area contributed by atoms with Crippen LogP contribution in [0.5, 0.6) is 0 Å². The Morgan fingerprint density at radius 1 is 1.19 bits per heavy atom. The van der Waals surface area contributed by atoms with Crippen LogP contribution in [0.1, 0.15) is 28.8 Å². The van der Waals surface area contributed by atoms with E-state index >= 15 is 0 Å². The molecule has 31 heavy (non-hydrogen) atoms. The third kappa shape index (κ3) is 7.25. The molecule has 1 fully saturated rings. The minimum Gasteiger partial charge on any atom is -0.363 e. The van der Waals surface area contributed by atoms with E-state index in [1.807, 2.05) is 43.3 Å². The molecule has 1 aromatic heterocycles. The highest BCUT2D eigenvalue weighted by Gasteiger charge is 2.20. The van der Waals surface area contributed by atoms with E-state index in [2.05, 4.69) is 43.4 Å². The van der Waals surface area contributed by atoms with Gasteiger partial charge in [0.25, 0.3) is 5.91 Å². The molecule has 7 nitrogen and oxygen atoms in total. The largest absolute Gasteiger partial charge is 0.363 e. The number of nitrogens with one attached hydrogen (secondary N) is 3. The van der Waals surface area contributed by atoms with Crippen LogP contribution in [0.25, 0.3) is 0 Å². The molecule has 0 atom stereocenters. The van der Waals surface area contributed by atoms with Crippen molar-refractivity contribution in [3.05, 3.63) is 52.9 Å². The van der Waals surface area contributed by atoms with Crippen molar-refractivity contribution in [1.82, 2.24) is 20.9 Å². The standard InChI is InChI=1S/C23H34N6OS/c1-24-23(27-20-9-12-29(13-10-20)21-8-5-15-31-21)26-17-18-6-4-7-19(16-18)22(30)25-11-14-28(2)3/h4-8,15-16,20H,9-14,17H2,1-3H3,(H,25,30)(H2,24,26,27). The van der Waals surface area contributed by atoms with Crippen molar-refractivity contribution >= 4 is 28.2 Å². The number of hydrogen-bond acceptors (Lipinski definition) is 5. The summed E-state index contributed by atoms with van der Waals surface area (Å²) in [6.07, 6.45) is 2.17. The van der Waals surface area contributed by atoms with Gasteiger partial charge in [-0.05, 0) is 62.1 Å². The number of likely N-dealkylation sites (N-methyl/N-ethyl adjacent to an activating group) is 1.